The van der Waals surface area contributed by atoms with Crippen molar-refractivity contribution in [2.75, 3.05) is 14.2 Å². The van der Waals surface area contributed by atoms with Gasteiger partial charge < -0.3 is 19.7 Å². The highest BCUT2D eigenvalue weighted by atomic mass is 16.5. The van der Waals surface area contributed by atoms with Gasteiger partial charge in [-0.25, -0.2) is 0 Å². The van der Waals surface area contributed by atoms with Crippen LogP contribution in [-0.2, 0) is 35.5 Å². The number of rotatable bonds is 13. The van der Waals surface area contributed by atoms with E-state index in [1.54, 1.807) is 19.1 Å². The second kappa shape index (κ2) is 14.5. The molecule has 40 heavy (non-hydrogen) atoms. The minimum absolute atomic E-state index is 0.0693. The minimum atomic E-state index is -0.689. The van der Waals surface area contributed by atoms with Gasteiger partial charge in [0, 0.05) is 25.9 Å². The van der Waals surface area contributed by atoms with E-state index in [-0.39, 0.29) is 11.8 Å². The average molecular weight is 537 g/mol. The highest BCUT2D eigenvalue weighted by molar-refractivity contribution is 5.88. The fraction of sp³-hybridized carbons (Fsp3) is 0.235. The summed E-state index contributed by atoms with van der Waals surface area (Å²) in [5.74, 6) is 1.23. The van der Waals surface area contributed by atoms with Gasteiger partial charge in [-0.3, -0.25) is 9.59 Å². The van der Waals surface area contributed by atoms with E-state index in [0.717, 1.165) is 33.8 Å². The van der Waals surface area contributed by atoms with Crippen LogP contribution in [0.5, 0.6) is 11.5 Å². The Kier molecular flexibility index (Phi) is 10.3. The lowest BCUT2D eigenvalue weighted by Crippen LogP contribution is -2.50. The number of aryl methyl sites for hydroxylation is 1. The summed E-state index contributed by atoms with van der Waals surface area (Å²) in [5.41, 5.74) is 3.95. The zero-order valence-corrected chi connectivity index (χ0v) is 23.1. The van der Waals surface area contributed by atoms with Gasteiger partial charge in [0.25, 0.3) is 0 Å². The number of benzene rings is 4. The van der Waals surface area contributed by atoms with Crippen LogP contribution in [-0.4, -0.2) is 37.0 Å². The Morgan fingerprint density at radius 3 is 1.75 bits per heavy atom. The summed E-state index contributed by atoms with van der Waals surface area (Å²) in [4.78, 5) is 29.4. The molecule has 0 aliphatic heterocycles. The van der Waals surface area contributed by atoms with Crippen LogP contribution in [0.4, 0.5) is 0 Å². The molecule has 0 spiro atoms. The van der Waals surface area contributed by atoms with Crippen molar-refractivity contribution in [2.45, 2.75) is 38.4 Å². The third-order valence-corrected chi connectivity index (χ3v) is 6.88. The van der Waals surface area contributed by atoms with Gasteiger partial charge in [0.2, 0.25) is 11.8 Å². The monoisotopic (exact) mass is 536 g/mol. The van der Waals surface area contributed by atoms with E-state index in [2.05, 4.69) is 5.32 Å². The zero-order valence-electron chi connectivity index (χ0n) is 23.1. The maximum atomic E-state index is 13.8. The van der Waals surface area contributed by atoms with Gasteiger partial charge in [0.1, 0.15) is 17.5 Å². The van der Waals surface area contributed by atoms with Gasteiger partial charge >= 0.3 is 0 Å². The molecule has 0 saturated heterocycles. The van der Waals surface area contributed by atoms with Crippen molar-refractivity contribution in [1.29, 1.82) is 0 Å². The van der Waals surface area contributed by atoms with E-state index in [1.807, 2.05) is 109 Å². The van der Waals surface area contributed by atoms with Gasteiger partial charge in [-0.05, 0) is 52.9 Å². The third-order valence-electron chi connectivity index (χ3n) is 6.88. The number of methoxy groups -OCH3 is 2. The number of ether oxygens (including phenoxy) is 2. The minimum Gasteiger partial charge on any atom is -0.497 e. The average Bonchev–Trinajstić information content (AvgIpc) is 3.02. The molecule has 206 valence electrons. The second-order valence-electron chi connectivity index (χ2n) is 9.63. The lowest BCUT2D eigenvalue weighted by Gasteiger charge is -2.32. The SMILES string of the molecule is COc1ccc(CNC(=O)[C@H](Cc2ccccc2)N(Cc2ccc(OC)cc2)C(=O)CCc2ccccc2)cc1. The summed E-state index contributed by atoms with van der Waals surface area (Å²) >= 11 is 0. The molecule has 0 aliphatic carbocycles. The van der Waals surface area contributed by atoms with E-state index < -0.39 is 6.04 Å². The van der Waals surface area contributed by atoms with Gasteiger partial charge in [0.05, 0.1) is 14.2 Å². The van der Waals surface area contributed by atoms with Crippen LogP contribution in [0.15, 0.2) is 109 Å². The van der Waals surface area contributed by atoms with Gasteiger partial charge in [-0.1, -0.05) is 84.9 Å². The molecule has 1 N–H and O–H groups in total. The molecule has 6 heteroatoms. The van der Waals surface area contributed by atoms with Crippen LogP contribution in [0.2, 0.25) is 0 Å². The number of amides is 2. The maximum Gasteiger partial charge on any atom is 0.243 e. The molecule has 0 radical (unpaired) electrons. The standard InChI is InChI=1S/C34H36N2O4/c1-39-30-18-13-28(14-19-30)24-35-34(38)32(23-27-11-7-4-8-12-27)36(25-29-15-20-31(40-2)21-16-29)33(37)22-17-26-9-5-3-6-10-26/h3-16,18-21,32H,17,22-25H2,1-2H3,(H,35,38)/t32-/m0/s1. The van der Waals surface area contributed by atoms with E-state index in [4.69, 9.17) is 9.47 Å². The highest BCUT2D eigenvalue weighted by Gasteiger charge is 2.30. The Hall–Kier alpha value is -4.58. The summed E-state index contributed by atoms with van der Waals surface area (Å²) in [6.07, 6.45) is 1.31. The van der Waals surface area contributed by atoms with Crippen LogP contribution in [0.1, 0.15) is 28.7 Å². The van der Waals surface area contributed by atoms with Crippen LogP contribution in [0.25, 0.3) is 0 Å². The van der Waals surface area contributed by atoms with Crippen molar-refractivity contribution in [2.24, 2.45) is 0 Å². The first kappa shape index (κ1) is 28.4. The number of hydrogen-bond acceptors (Lipinski definition) is 4. The molecular formula is C34H36N2O4. The van der Waals surface area contributed by atoms with Crippen LogP contribution < -0.4 is 14.8 Å². The van der Waals surface area contributed by atoms with Crippen molar-refractivity contribution in [1.82, 2.24) is 10.2 Å². The highest BCUT2D eigenvalue weighted by Crippen LogP contribution is 2.19. The topological polar surface area (TPSA) is 67.9 Å². The van der Waals surface area contributed by atoms with Gasteiger partial charge in [-0.2, -0.15) is 0 Å². The second-order valence-corrected chi connectivity index (χ2v) is 9.63. The quantitative estimate of drug-likeness (QED) is 0.242. The Morgan fingerprint density at radius 2 is 1.20 bits per heavy atom. The number of hydrogen-bond donors (Lipinski definition) is 1. The Labute approximate surface area is 236 Å². The molecule has 0 fully saturated rings. The summed E-state index contributed by atoms with van der Waals surface area (Å²) in [6, 6.07) is 34.3. The number of carbonyl (C=O) groups is 2. The largest absolute Gasteiger partial charge is 0.497 e. The molecule has 2 amide bonds. The molecule has 4 rings (SSSR count). The van der Waals surface area contributed by atoms with Crippen molar-refractivity contribution >= 4 is 11.8 Å². The summed E-state index contributed by atoms with van der Waals surface area (Å²) in [6.45, 7) is 0.660. The molecule has 0 unspecified atom stereocenters. The Balaban J connectivity index is 1.59. The predicted molar refractivity (Wildman–Crippen MR) is 157 cm³/mol. The molecule has 0 heterocycles. The summed E-state index contributed by atoms with van der Waals surface area (Å²) < 4.78 is 10.6. The molecular weight excluding hydrogens is 500 g/mol. The lowest BCUT2D eigenvalue weighted by molar-refractivity contribution is -0.141. The van der Waals surface area contributed by atoms with Crippen molar-refractivity contribution in [3.05, 3.63) is 131 Å². The first-order valence-corrected chi connectivity index (χ1v) is 13.5. The first-order valence-electron chi connectivity index (χ1n) is 13.5. The number of nitrogens with one attached hydrogen (secondary N) is 1. The number of nitrogens with zero attached hydrogens (tertiary/aromatic N) is 1. The molecule has 4 aromatic carbocycles. The molecule has 1 atom stereocenters. The third kappa shape index (κ3) is 8.21. The number of carbonyl (C=O) groups excluding carboxylic acids is 2. The first-order chi connectivity index (χ1) is 19.6. The van der Waals surface area contributed by atoms with E-state index in [1.165, 1.54) is 0 Å². The molecule has 6 nitrogen and oxygen atoms in total. The van der Waals surface area contributed by atoms with E-state index in [9.17, 15) is 9.59 Å². The zero-order chi connectivity index (χ0) is 28.2. The van der Waals surface area contributed by atoms with Crippen molar-refractivity contribution < 1.29 is 19.1 Å². The smallest absolute Gasteiger partial charge is 0.243 e. The maximum absolute atomic E-state index is 13.8. The summed E-state index contributed by atoms with van der Waals surface area (Å²) in [7, 11) is 3.24. The predicted octanol–water partition coefficient (Wildman–Crippen LogP) is 5.59. The van der Waals surface area contributed by atoms with Crippen LogP contribution >= 0.6 is 0 Å². The van der Waals surface area contributed by atoms with Crippen molar-refractivity contribution in [3.63, 3.8) is 0 Å². The fourth-order valence-electron chi connectivity index (χ4n) is 4.57. The van der Waals surface area contributed by atoms with Crippen molar-refractivity contribution in [3.8, 4) is 11.5 Å². The molecule has 0 aromatic heterocycles. The fourth-order valence-corrected chi connectivity index (χ4v) is 4.57. The lowest BCUT2D eigenvalue weighted by atomic mass is 10.0. The molecule has 0 aliphatic rings. The molecule has 4 aromatic rings. The molecule has 0 bridgehead atoms. The van der Waals surface area contributed by atoms with Gasteiger partial charge in [-0.15, -0.1) is 0 Å². The molecule has 0 saturated carbocycles. The Bertz CT molecular complexity index is 1340. The van der Waals surface area contributed by atoms with Crippen LogP contribution in [0, 0.1) is 0 Å². The van der Waals surface area contributed by atoms with E-state index >= 15 is 0 Å². The van der Waals surface area contributed by atoms with Gasteiger partial charge in [0.15, 0.2) is 0 Å². The van der Waals surface area contributed by atoms with Crippen LogP contribution in [0.3, 0.4) is 0 Å². The van der Waals surface area contributed by atoms with E-state index in [0.29, 0.717) is 32.4 Å². The normalized spacial score (nSPS) is 11.3. The summed E-state index contributed by atoms with van der Waals surface area (Å²) in [5, 5.41) is 3.08. The Morgan fingerprint density at radius 1 is 0.675 bits per heavy atom.